The molecule has 0 bridgehead atoms. The van der Waals surface area contributed by atoms with E-state index in [1.54, 1.807) is 23.6 Å². The van der Waals surface area contributed by atoms with Crippen molar-refractivity contribution < 1.29 is 9.59 Å². The Balaban J connectivity index is 2.01. The Morgan fingerprint density at radius 3 is 2.29 bits per heavy atom. The highest BCUT2D eigenvalue weighted by Gasteiger charge is 2.28. The lowest BCUT2D eigenvalue weighted by Gasteiger charge is -2.31. The van der Waals surface area contributed by atoms with E-state index in [-0.39, 0.29) is 17.4 Å². The number of hydrogen-bond acceptors (Lipinski definition) is 3. The first-order valence-electron chi connectivity index (χ1n) is 10.3. The van der Waals surface area contributed by atoms with Crippen molar-refractivity contribution in [2.45, 2.75) is 63.6 Å². The van der Waals surface area contributed by atoms with Gasteiger partial charge in [0.15, 0.2) is 0 Å². The number of carbonyl (C=O) groups is 2. The van der Waals surface area contributed by atoms with E-state index in [2.05, 4.69) is 21.2 Å². The third-order valence-corrected chi connectivity index (χ3v) is 6.43. The molecule has 31 heavy (non-hydrogen) atoms. The van der Waals surface area contributed by atoms with Crippen molar-refractivity contribution in [1.29, 1.82) is 0 Å². The van der Waals surface area contributed by atoms with E-state index in [9.17, 15) is 9.59 Å². The van der Waals surface area contributed by atoms with Gasteiger partial charge in [0, 0.05) is 32.9 Å². The predicted octanol–water partition coefficient (Wildman–Crippen LogP) is 6.31. The number of carbonyl (C=O) groups excluding carboxylic acids is 2. The third-order valence-electron chi connectivity index (χ3n) is 4.55. The van der Waals surface area contributed by atoms with Crippen LogP contribution in [0, 0.1) is 0 Å². The second-order valence-corrected chi connectivity index (χ2v) is 11.0. The molecule has 168 valence electrons. The Kier molecular flexibility index (Phi) is 9.91. The van der Waals surface area contributed by atoms with Gasteiger partial charge in [-0.1, -0.05) is 39.7 Å². The van der Waals surface area contributed by atoms with Crippen LogP contribution in [0.4, 0.5) is 0 Å². The summed E-state index contributed by atoms with van der Waals surface area (Å²) in [7, 11) is 0. The molecule has 0 aliphatic rings. The zero-order chi connectivity index (χ0) is 23.0. The Bertz CT molecular complexity index is 867. The van der Waals surface area contributed by atoms with Crippen LogP contribution in [-0.2, 0) is 16.1 Å². The molecular weight excluding hydrogens is 496 g/mol. The standard InChI is InChI=1S/C24H30BrClN2O2S/c1-17(23(30)27-24(2,3)4)28(16-18-7-9-19(25)10-8-18)22(29)6-5-15-31-21-13-11-20(26)12-14-21/h7-14,17H,5-6,15-16H2,1-4H3,(H,27,30). The van der Waals surface area contributed by atoms with Crippen molar-refractivity contribution in [3.63, 3.8) is 0 Å². The molecule has 2 aromatic rings. The maximum atomic E-state index is 13.1. The number of nitrogens with zero attached hydrogens (tertiary/aromatic N) is 1. The minimum atomic E-state index is -0.556. The highest BCUT2D eigenvalue weighted by atomic mass is 79.9. The summed E-state index contributed by atoms with van der Waals surface area (Å²) in [5, 5.41) is 3.70. The summed E-state index contributed by atoms with van der Waals surface area (Å²) in [6.45, 7) is 8.00. The van der Waals surface area contributed by atoms with E-state index < -0.39 is 6.04 Å². The topological polar surface area (TPSA) is 49.4 Å². The Morgan fingerprint density at radius 2 is 1.71 bits per heavy atom. The summed E-state index contributed by atoms with van der Waals surface area (Å²) in [5.41, 5.74) is 0.634. The van der Waals surface area contributed by atoms with Gasteiger partial charge in [0.25, 0.3) is 0 Å². The number of nitrogens with one attached hydrogen (secondary N) is 1. The minimum absolute atomic E-state index is 0.0174. The average molecular weight is 526 g/mol. The second-order valence-electron chi connectivity index (χ2n) is 8.47. The SMILES string of the molecule is CC(C(=O)NC(C)(C)C)N(Cc1ccc(Br)cc1)C(=O)CCCSc1ccc(Cl)cc1. The highest BCUT2D eigenvalue weighted by Crippen LogP contribution is 2.22. The van der Waals surface area contributed by atoms with Crippen molar-refractivity contribution in [3.05, 3.63) is 63.6 Å². The lowest BCUT2D eigenvalue weighted by Crippen LogP contribution is -2.52. The summed E-state index contributed by atoms with van der Waals surface area (Å²) >= 11 is 11.1. The molecule has 2 rings (SSSR count). The molecule has 1 N–H and O–H groups in total. The first-order valence-corrected chi connectivity index (χ1v) is 12.4. The maximum Gasteiger partial charge on any atom is 0.242 e. The van der Waals surface area contributed by atoms with Crippen LogP contribution in [0.2, 0.25) is 5.02 Å². The van der Waals surface area contributed by atoms with Gasteiger partial charge in [-0.25, -0.2) is 0 Å². The van der Waals surface area contributed by atoms with Gasteiger partial charge in [-0.05, 0) is 81.8 Å². The molecule has 0 radical (unpaired) electrons. The normalized spacial score (nSPS) is 12.3. The van der Waals surface area contributed by atoms with Gasteiger partial charge in [0.1, 0.15) is 6.04 Å². The molecule has 1 unspecified atom stereocenters. The first kappa shape index (κ1) is 25.8. The molecule has 0 spiro atoms. The van der Waals surface area contributed by atoms with Crippen molar-refractivity contribution in [1.82, 2.24) is 10.2 Å². The van der Waals surface area contributed by atoms with Gasteiger partial charge in [-0.3, -0.25) is 9.59 Å². The number of amides is 2. The number of benzene rings is 2. The van der Waals surface area contributed by atoms with Crippen molar-refractivity contribution in [3.8, 4) is 0 Å². The van der Waals surface area contributed by atoms with E-state index >= 15 is 0 Å². The second kappa shape index (κ2) is 11.9. The van der Waals surface area contributed by atoms with Crippen LogP contribution in [0.1, 0.15) is 46.1 Å². The van der Waals surface area contributed by atoms with E-state index in [1.165, 1.54) is 0 Å². The first-order chi connectivity index (χ1) is 14.5. The number of halogens is 2. The highest BCUT2D eigenvalue weighted by molar-refractivity contribution is 9.10. The molecule has 0 aliphatic heterocycles. The molecule has 2 amide bonds. The molecule has 7 heteroatoms. The molecule has 1 atom stereocenters. The summed E-state index contributed by atoms with van der Waals surface area (Å²) < 4.78 is 0.979. The molecule has 4 nitrogen and oxygen atoms in total. The summed E-state index contributed by atoms with van der Waals surface area (Å²) in [6, 6.07) is 15.0. The van der Waals surface area contributed by atoms with Gasteiger partial charge >= 0.3 is 0 Å². The Morgan fingerprint density at radius 1 is 1.10 bits per heavy atom. The number of rotatable bonds is 9. The fraction of sp³-hybridized carbons (Fsp3) is 0.417. The summed E-state index contributed by atoms with van der Waals surface area (Å²) in [5.74, 6) is 0.659. The van der Waals surface area contributed by atoms with Gasteiger partial charge in [-0.2, -0.15) is 0 Å². The zero-order valence-electron chi connectivity index (χ0n) is 18.5. The van der Waals surface area contributed by atoms with Crippen LogP contribution in [0.25, 0.3) is 0 Å². The molecular formula is C24H30BrClN2O2S. The quantitative estimate of drug-likeness (QED) is 0.308. The van der Waals surface area contributed by atoms with Crippen molar-refractivity contribution in [2.24, 2.45) is 0 Å². The minimum Gasteiger partial charge on any atom is -0.350 e. The van der Waals surface area contributed by atoms with E-state index in [4.69, 9.17) is 11.6 Å². The lowest BCUT2D eigenvalue weighted by molar-refractivity contribution is -0.141. The van der Waals surface area contributed by atoms with Gasteiger partial charge in [-0.15, -0.1) is 11.8 Å². The van der Waals surface area contributed by atoms with Crippen LogP contribution in [-0.4, -0.2) is 34.0 Å². The predicted molar refractivity (Wildman–Crippen MR) is 133 cm³/mol. The van der Waals surface area contributed by atoms with Gasteiger partial charge < -0.3 is 10.2 Å². The Labute approximate surface area is 203 Å². The lowest BCUT2D eigenvalue weighted by atomic mass is 10.1. The fourth-order valence-electron chi connectivity index (χ4n) is 2.93. The average Bonchev–Trinajstić information content (AvgIpc) is 2.70. The molecule has 0 aromatic heterocycles. The monoisotopic (exact) mass is 524 g/mol. The van der Waals surface area contributed by atoms with Crippen molar-refractivity contribution >= 4 is 51.1 Å². The molecule has 0 saturated carbocycles. The fourth-order valence-corrected chi connectivity index (χ4v) is 4.17. The van der Waals surface area contributed by atoms with Crippen LogP contribution >= 0.6 is 39.3 Å². The van der Waals surface area contributed by atoms with Gasteiger partial charge in [0.05, 0.1) is 0 Å². The molecule has 0 aliphatic carbocycles. The van der Waals surface area contributed by atoms with Crippen LogP contribution in [0.5, 0.6) is 0 Å². The number of thioether (sulfide) groups is 1. The van der Waals surface area contributed by atoms with E-state index in [0.29, 0.717) is 18.0 Å². The largest absolute Gasteiger partial charge is 0.350 e. The smallest absolute Gasteiger partial charge is 0.242 e. The Hall–Kier alpha value is -1.50. The van der Waals surface area contributed by atoms with Gasteiger partial charge in [0.2, 0.25) is 11.8 Å². The summed E-state index contributed by atoms with van der Waals surface area (Å²) in [4.78, 5) is 28.7. The summed E-state index contributed by atoms with van der Waals surface area (Å²) in [6.07, 6.45) is 1.13. The zero-order valence-corrected chi connectivity index (χ0v) is 21.6. The van der Waals surface area contributed by atoms with Crippen molar-refractivity contribution in [2.75, 3.05) is 5.75 Å². The molecule has 0 heterocycles. The third kappa shape index (κ3) is 9.26. The number of hydrogen-bond donors (Lipinski definition) is 1. The van der Waals surface area contributed by atoms with E-state index in [0.717, 1.165) is 27.1 Å². The molecule has 0 saturated heterocycles. The molecule has 0 fully saturated rings. The van der Waals surface area contributed by atoms with Crippen LogP contribution in [0.3, 0.4) is 0 Å². The molecule has 2 aromatic carbocycles. The van der Waals surface area contributed by atoms with E-state index in [1.807, 2.05) is 69.3 Å². The van der Waals surface area contributed by atoms with Crippen LogP contribution in [0.15, 0.2) is 57.9 Å². The maximum absolute atomic E-state index is 13.1. The van der Waals surface area contributed by atoms with Crippen LogP contribution < -0.4 is 5.32 Å².